The maximum Gasteiger partial charge on any atom is 0.225 e. The third kappa shape index (κ3) is 3.87. The number of Topliss-reactive ketones (excluding diaryl/α,β-unsaturated/α-hetero) is 1. The zero-order valence-corrected chi connectivity index (χ0v) is 17.7. The fraction of sp³-hybridized carbons (Fsp3) is 0.333. The van der Waals surface area contributed by atoms with Crippen LogP contribution in [0, 0.1) is 5.82 Å². The molecule has 1 heterocycles. The van der Waals surface area contributed by atoms with Gasteiger partial charge in [-0.15, -0.1) is 0 Å². The average molecular weight is 425 g/mol. The smallest absolute Gasteiger partial charge is 0.225 e. The van der Waals surface area contributed by atoms with E-state index in [1.807, 2.05) is 0 Å². The van der Waals surface area contributed by atoms with Crippen LogP contribution in [0.3, 0.4) is 0 Å². The first-order valence-corrected chi connectivity index (χ1v) is 10.1. The van der Waals surface area contributed by atoms with Gasteiger partial charge in [-0.25, -0.2) is 4.39 Å². The van der Waals surface area contributed by atoms with Crippen LogP contribution < -0.4 is 19.5 Å². The number of carbonyl (C=O) groups excluding carboxylic acids is 2. The zero-order valence-electron chi connectivity index (χ0n) is 17.7. The van der Waals surface area contributed by atoms with Crippen LogP contribution in [0.1, 0.15) is 42.2 Å². The third-order valence-electron chi connectivity index (χ3n) is 5.97. The maximum absolute atomic E-state index is 13.3. The number of benzene rings is 2. The molecule has 0 saturated carbocycles. The molecule has 0 spiro atoms. The molecule has 0 saturated heterocycles. The molecule has 6 nitrogen and oxygen atoms in total. The van der Waals surface area contributed by atoms with Crippen LogP contribution in [-0.2, 0) is 9.59 Å². The van der Waals surface area contributed by atoms with Gasteiger partial charge in [0.15, 0.2) is 17.3 Å². The molecule has 2 aromatic rings. The molecule has 0 bridgehead atoms. The van der Waals surface area contributed by atoms with E-state index in [0.717, 1.165) is 11.1 Å². The average Bonchev–Trinajstić information content (AvgIpc) is 2.77. The Hall–Kier alpha value is -3.35. The molecule has 1 aliphatic carbocycles. The molecule has 2 aliphatic rings. The fourth-order valence-corrected chi connectivity index (χ4v) is 4.52. The van der Waals surface area contributed by atoms with Crippen LogP contribution >= 0.6 is 0 Å². The number of methoxy groups -OCH3 is 3. The molecule has 7 heteroatoms. The summed E-state index contributed by atoms with van der Waals surface area (Å²) in [4.78, 5) is 25.8. The Morgan fingerprint density at radius 3 is 2.10 bits per heavy atom. The van der Waals surface area contributed by atoms with E-state index in [2.05, 4.69) is 5.32 Å². The second-order valence-electron chi connectivity index (χ2n) is 7.74. The van der Waals surface area contributed by atoms with E-state index >= 15 is 0 Å². The maximum atomic E-state index is 13.3. The van der Waals surface area contributed by atoms with Gasteiger partial charge < -0.3 is 19.5 Å². The first kappa shape index (κ1) is 20.9. The predicted molar refractivity (Wildman–Crippen MR) is 112 cm³/mol. The van der Waals surface area contributed by atoms with Crippen LogP contribution in [0.4, 0.5) is 4.39 Å². The summed E-state index contributed by atoms with van der Waals surface area (Å²) in [5.41, 5.74) is 2.89. The number of hydrogen-bond acceptors (Lipinski definition) is 5. The van der Waals surface area contributed by atoms with Gasteiger partial charge >= 0.3 is 0 Å². The number of allylic oxidation sites excluding steroid dienone is 2. The molecule has 4 rings (SSSR count). The summed E-state index contributed by atoms with van der Waals surface area (Å²) in [6.07, 6.45) is 0.977. The predicted octanol–water partition coefficient (Wildman–Crippen LogP) is 3.86. The van der Waals surface area contributed by atoms with E-state index in [-0.39, 0.29) is 29.8 Å². The molecule has 1 amide bonds. The normalized spacial score (nSPS) is 20.8. The van der Waals surface area contributed by atoms with Crippen LogP contribution in [0.25, 0.3) is 0 Å². The standard InChI is InChI=1S/C24H24FNO5/c1-29-20-10-15(11-21(30-2)24(20)31-3)17-12-22(28)26-18-8-14(9-19(27)23(17)18)13-4-6-16(25)7-5-13/h4-7,10-11,14,17H,8-9,12H2,1-3H3,(H,26,28). The molecule has 1 N–H and O–H groups in total. The number of rotatable bonds is 5. The van der Waals surface area contributed by atoms with Crippen molar-refractivity contribution in [1.82, 2.24) is 5.32 Å². The molecular formula is C24H24FNO5. The first-order chi connectivity index (χ1) is 14.9. The molecule has 0 aromatic heterocycles. The lowest BCUT2D eigenvalue weighted by atomic mass is 9.73. The van der Waals surface area contributed by atoms with E-state index in [0.29, 0.717) is 41.4 Å². The van der Waals surface area contributed by atoms with Crippen molar-refractivity contribution < 1.29 is 28.2 Å². The summed E-state index contributed by atoms with van der Waals surface area (Å²) in [6, 6.07) is 9.74. The molecule has 2 unspecified atom stereocenters. The van der Waals surface area contributed by atoms with Crippen LogP contribution in [-0.4, -0.2) is 33.0 Å². The molecule has 162 valence electrons. The first-order valence-electron chi connectivity index (χ1n) is 10.1. The van der Waals surface area contributed by atoms with Gasteiger partial charge in [0.25, 0.3) is 0 Å². The number of halogens is 1. The van der Waals surface area contributed by atoms with Crippen molar-refractivity contribution in [3.05, 3.63) is 64.6 Å². The van der Waals surface area contributed by atoms with E-state index in [9.17, 15) is 14.0 Å². The molecule has 31 heavy (non-hydrogen) atoms. The minimum Gasteiger partial charge on any atom is -0.493 e. The third-order valence-corrected chi connectivity index (χ3v) is 5.97. The lowest BCUT2D eigenvalue weighted by molar-refractivity contribution is -0.122. The summed E-state index contributed by atoms with van der Waals surface area (Å²) >= 11 is 0. The second kappa shape index (κ2) is 8.41. The molecule has 0 radical (unpaired) electrons. The quantitative estimate of drug-likeness (QED) is 0.788. The van der Waals surface area contributed by atoms with Gasteiger partial charge in [-0.3, -0.25) is 9.59 Å². The van der Waals surface area contributed by atoms with Crippen molar-refractivity contribution in [2.24, 2.45) is 0 Å². The minimum absolute atomic E-state index is 0.0191. The Labute approximate surface area is 180 Å². The Balaban J connectivity index is 1.75. The van der Waals surface area contributed by atoms with Gasteiger partial charge in [-0.05, 0) is 47.7 Å². The number of ether oxygens (including phenoxy) is 3. The highest BCUT2D eigenvalue weighted by Gasteiger charge is 2.38. The highest BCUT2D eigenvalue weighted by molar-refractivity contribution is 6.02. The van der Waals surface area contributed by atoms with E-state index < -0.39 is 5.92 Å². The van der Waals surface area contributed by atoms with Gasteiger partial charge in [0.05, 0.1) is 21.3 Å². The Kier molecular flexibility index (Phi) is 5.67. The van der Waals surface area contributed by atoms with Crippen molar-refractivity contribution in [2.75, 3.05) is 21.3 Å². The summed E-state index contributed by atoms with van der Waals surface area (Å²) < 4.78 is 29.6. The summed E-state index contributed by atoms with van der Waals surface area (Å²) in [7, 11) is 4.58. The van der Waals surface area contributed by atoms with Gasteiger partial charge in [0, 0.05) is 30.0 Å². The van der Waals surface area contributed by atoms with Crippen molar-refractivity contribution in [3.8, 4) is 17.2 Å². The van der Waals surface area contributed by atoms with Crippen molar-refractivity contribution in [3.63, 3.8) is 0 Å². The molecule has 2 atom stereocenters. The summed E-state index contributed by atoms with van der Waals surface area (Å²) in [5.74, 6) is 0.396. The molecule has 1 aliphatic heterocycles. The number of amides is 1. The summed E-state index contributed by atoms with van der Waals surface area (Å²) in [5, 5.41) is 2.90. The lowest BCUT2D eigenvalue weighted by Gasteiger charge is -2.34. The number of carbonyl (C=O) groups is 2. The second-order valence-corrected chi connectivity index (χ2v) is 7.74. The Morgan fingerprint density at radius 1 is 0.871 bits per heavy atom. The van der Waals surface area contributed by atoms with Gasteiger partial charge in [0.1, 0.15) is 5.82 Å². The summed E-state index contributed by atoms with van der Waals surface area (Å²) in [6.45, 7) is 0. The molecular weight excluding hydrogens is 401 g/mol. The van der Waals surface area contributed by atoms with Crippen LogP contribution in [0.2, 0.25) is 0 Å². The number of nitrogens with one attached hydrogen (secondary N) is 1. The lowest BCUT2D eigenvalue weighted by Crippen LogP contribution is -2.38. The van der Waals surface area contributed by atoms with E-state index in [4.69, 9.17) is 14.2 Å². The molecule has 0 fully saturated rings. The van der Waals surface area contributed by atoms with Crippen molar-refractivity contribution >= 4 is 11.7 Å². The topological polar surface area (TPSA) is 73.9 Å². The highest BCUT2D eigenvalue weighted by Crippen LogP contribution is 2.46. The number of ketones is 1. The highest BCUT2D eigenvalue weighted by atomic mass is 19.1. The van der Waals surface area contributed by atoms with Crippen LogP contribution in [0.15, 0.2) is 47.7 Å². The van der Waals surface area contributed by atoms with Crippen LogP contribution in [0.5, 0.6) is 17.2 Å². The fourth-order valence-electron chi connectivity index (χ4n) is 4.52. The van der Waals surface area contributed by atoms with Gasteiger partial charge in [-0.2, -0.15) is 0 Å². The molecule has 2 aromatic carbocycles. The van der Waals surface area contributed by atoms with E-state index in [1.54, 1.807) is 24.3 Å². The Bertz CT molecular complexity index is 1040. The van der Waals surface area contributed by atoms with Crippen molar-refractivity contribution in [1.29, 1.82) is 0 Å². The largest absolute Gasteiger partial charge is 0.493 e. The Morgan fingerprint density at radius 2 is 1.52 bits per heavy atom. The number of hydrogen-bond donors (Lipinski definition) is 1. The van der Waals surface area contributed by atoms with Crippen molar-refractivity contribution in [2.45, 2.75) is 31.1 Å². The van der Waals surface area contributed by atoms with Gasteiger partial charge in [-0.1, -0.05) is 12.1 Å². The monoisotopic (exact) mass is 425 g/mol. The zero-order chi connectivity index (χ0) is 22.1. The SMILES string of the molecule is COc1cc(C2CC(=O)NC3=C2C(=O)CC(c2ccc(F)cc2)C3)cc(OC)c1OC. The van der Waals surface area contributed by atoms with Gasteiger partial charge in [0.2, 0.25) is 11.7 Å². The minimum atomic E-state index is -0.404. The van der Waals surface area contributed by atoms with E-state index in [1.165, 1.54) is 33.5 Å².